The number of imidazole rings is 1. The van der Waals surface area contributed by atoms with Crippen LogP contribution >= 0.6 is 11.3 Å². The Morgan fingerprint density at radius 2 is 2.07 bits per heavy atom. The van der Waals surface area contributed by atoms with Crippen molar-refractivity contribution in [2.75, 3.05) is 20.1 Å². The zero-order chi connectivity index (χ0) is 19.7. The van der Waals surface area contributed by atoms with E-state index in [0.29, 0.717) is 36.1 Å². The van der Waals surface area contributed by atoms with Gasteiger partial charge in [0.25, 0.3) is 5.91 Å². The van der Waals surface area contributed by atoms with Crippen molar-refractivity contribution in [3.8, 4) is 16.5 Å². The quantitative estimate of drug-likeness (QED) is 0.606. The Labute approximate surface area is 167 Å². The molecule has 4 rings (SSSR count). The molecule has 0 spiro atoms. The van der Waals surface area contributed by atoms with Crippen LogP contribution in [0, 0.1) is 0 Å². The second-order valence-corrected chi connectivity index (χ2v) is 7.89. The van der Waals surface area contributed by atoms with Gasteiger partial charge in [0.1, 0.15) is 17.0 Å². The number of carbonyl (C=O) groups is 1. The minimum atomic E-state index is 0.00877. The molecular weight excluding hydrogens is 376 g/mol. The van der Waals surface area contributed by atoms with Crippen LogP contribution in [0.4, 0.5) is 0 Å². The number of thiophene rings is 1. The van der Waals surface area contributed by atoms with Crippen LogP contribution in [-0.2, 0) is 13.1 Å². The standard InChI is InChI=1S/C19H24N6O2S/c1-4-7-24(8-5-2)11-15-21-17(22-27-15)16-14-10-23(3)18(26)13-6-9-28-19(13)25(14)12-20-16/h6,9,12H,4-5,7-8,10-11H2,1-3H3. The van der Waals surface area contributed by atoms with E-state index in [1.165, 1.54) is 11.3 Å². The molecule has 0 saturated heterocycles. The molecule has 28 heavy (non-hydrogen) atoms. The number of fused-ring (bicyclic) bond motifs is 3. The van der Waals surface area contributed by atoms with Crippen molar-refractivity contribution in [3.63, 3.8) is 0 Å². The smallest absolute Gasteiger partial charge is 0.256 e. The zero-order valence-corrected chi connectivity index (χ0v) is 17.2. The number of nitrogens with zero attached hydrogens (tertiary/aromatic N) is 6. The van der Waals surface area contributed by atoms with Gasteiger partial charge in [-0.3, -0.25) is 14.3 Å². The monoisotopic (exact) mass is 400 g/mol. The van der Waals surface area contributed by atoms with E-state index in [-0.39, 0.29) is 5.91 Å². The Morgan fingerprint density at radius 1 is 1.29 bits per heavy atom. The number of hydrogen-bond acceptors (Lipinski definition) is 7. The first-order chi connectivity index (χ1) is 13.6. The second kappa shape index (κ2) is 7.84. The number of amides is 1. The van der Waals surface area contributed by atoms with Crippen molar-refractivity contribution in [3.05, 3.63) is 34.9 Å². The third kappa shape index (κ3) is 3.35. The Kier molecular flexibility index (Phi) is 5.27. The molecule has 1 amide bonds. The highest BCUT2D eigenvalue weighted by Crippen LogP contribution is 2.32. The normalized spacial score (nSPS) is 13.7. The molecule has 3 aromatic rings. The molecule has 8 nitrogen and oxygen atoms in total. The molecule has 0 unspecified atom stereocenters. The highest BCUT2D eigenvalue weighted by molar-refractivity contribution is 7.13. The summed E-state index contributed by atoms with van der Waals surface area (Å²) in [5.74, 6) is 1.07. The molecule has 0 N–H and O–H groups in total. The van der Waals surface area contributed by atoms with Gasteiger partial charge in [-0.15, -0.1) is 11.3 Å². The molecule has 9 heteroatoms. The lowest BCUT2D eigenvalue weighted by atomic mass is 10.3. The molecule has 0 radical (unpaired) electrons. The van der Waals surface area contributed by atoms with Gasteiger partial charge in [0.2, 0.25) is 11.7 Å². The van der Waals surface area contributed by atoms with Crippen LogP contribution in [0.3, 0.4) is 0 Å². The van der Waals surface area contributed by atoms with E-state index in [1.807, 2.05) is 16.0 Å². The molecule has 1 aliphatic heterocycles. The molecular formula is C19H24N6O2S. The van der Waals surface area contributed by atoms with Crippen molar-refractivity contribution in [2.24, 2.45) is 0 Å². The summed E-state index contributed by atoms with van der Waals surface area (Å²) in [5.41, 5.74) is 2.25. The summed E-state index contributed by atoms with van der Waals surface area (Å²) in [7, 11) is 1.80. The Bertz CT molecular complexity index is 969. The molecule has 3 aromatic heterocycles. The van der Waals surface area contributed by atoms with Crippen LogP contribution in [0.25, 0.3) is 16.5 Å². The highest BCUT2D eigenvalue weighted by atomic mass is 32.1. The van der Waals surface area contributed by atoms with Gasteiger partial charge in [0.15, 0.2) is 0 Å². The van der Waals surface area contributed by atoms with Gasteiger partial charge in [-0.05, 0) is 37.4 Å². The molecule has 0 aromatic carbocycles. The fourth-order valence-corrected chi connectivity index (χ4v) is 4.43. The van der Waals surface area contributed by atoms with Crippen LogP contribution in [0.2, 0.25) is 0 Å². The van der Waals surface area contributed by atoms with Gasteiger partial charge in [0.05, 0.1) is 24.3 Å². The van der Waals surface area contributed by atoms with Gasteiger partial charge in [-0.1, -0.05) is 19.0 Å². The van der Waals surface area contributed by atoms with Gasteiger partial charge < -0.3 is 9.42 Å². The van der Waals surface area contributed by atoms with E-state index in [9.17, 15) is 4.79 Å². The predicted molar refractivity (Wildman–Crippen MR) is 106 cm³/mol. The molecule has 148 valence electrons. The average molecular weight is 401 g/mol. The summed E-state index contributed by atoms with van der Waals surface area (Å²) >= 11 is 1.52. The molecule has 0 aliphatic carbocycles. The third-order valence-electron chi connectivity index (χ3n) is 4.81. The van der Waals surface area contributed by atoms with Crippen molar-refractivity contribution >= 4 is 17.2 Å². The number of hydrogen-bond donors (Lipinski definition) is 0. The fourth-order valence-electron chi connectivity index (χ4n) is 3.55. The van der Waals surface area contributed by atoms with E-state index < -0.39 is 0 Å². The maximum absolute atomic E-state index is 12.6. The van der Waals surface area contributed by atoms with E-state index in [1.54, 1.807) is 18.3 Å². The minimum Gasteiger partial charge on any atom is -0.337 e. The van der Waals surface area contributed by atoms with Crippen LogP contribution in [0.15, 0.2) is 22.3 Å². The summed E-state index contributed by atoms with van der Waals surface area (Å²) in [6, 6.07) is 1.86. The van der Waals surface area contributed by atoms with Crippen molar-refractivity contribution < 1.29 is 9.32 Å². The molecule has 0 atom stereocenters. The zero-order valence-electron chi connectivity index (χ0n) is 16.4. The summed E-state index contributed by atoms with van der Waals surface area (Å²) in [6.45, 7) is 7.41. The molecule has 4 heterocycles. The first-order valence-electron chi connectivity index (χ1n) is 9.57. The second-order valence-electron chi connectivity index (χ2n) is 7.00. The third-order valence-corrected chi connectivity index (χ3v) is 5.72. The SMILES string of the molecule is CCCN(CCC)Cc1nc(-c2ncn3c2CN(C)C(=O)c2ccsc2-3)no1. The van der Waals surface area contributed by atoms with Crippen molar-refractivity contribution in [1.29, 1.82) is 0 Å². The number of aromatic nitrogens is 4. The summed E-state index contributed by atoms with van der Waals surface area (Å²) in [6.07, 6.45) is 3.90. The van der Waals surface area contributed by atoms with E-state index in [0.717, 1.165) is 36.6 Å². The number of rotatable bonds is 7. The summed E-state index contributed by atoms with van der Waals surface area (Å²) in [5, 5.41) is 6.97. The highest BCUT2D eigenvalue weighted by Gasteiger charge is 2.29. The first kappa shape index (κ1) is 18.8. The lowest BCUT2D eigenvalue weighted by Crippen LogP contribution is -2.25. The summed E-state index contributed by atoms with van der Waals surface area (Å²) < 4.78 is 7.47. The van der Waals surface area contributed by atoms with Crippen molar-refractivity contribution in [2.45, 2.75) is 39.8 Å². The molecule has 1 aliphatic rings. The summed E-state index contributed by atoms with van der Waals surface area (Å²) in [4.78, 5) is 25.7. The predicted octanol–water partition coefficient (Wildman–Crippen LogP) is 3.19. The minimum absolute atomic E-state index is 0.00877. The number of carbonyl (C=O) groups excluding carboxylic acids is 1. The maximum Gasteiger partial charge on any atom is 0.256 e. The van der Waals surface area contributed by atoms with E-state index >= 15 is 0 Å². The first-order valence-corrected chi connectivity index (χ1v) is 10.4. The largest absolute Gasteiger partial charge is 0.337 e. The molecule has 0 bridgehead atoms. The fraction of sp³-hybridized carbons (Fsp3) is 0.474. The van der Waals surface area contributed by atoms with Crippen molar-refractivity contribution in [1.82, 2.24) is 29.5 Å². The van der Waals surface area contributed by atoms with Crippen LogP contribution in [0.5, 0.6) is 0 Å². The van der Waals surface area contributed by atoms with Gasteiger partial charge in [-0.2, -0.15) is 4.98 Å². The van der Waals surface area contributed by atoms with E-state index in [2.05, 4.69) is 33.9 Å². The van der Waals surface area contributed by atoms with Crippen LogP contribution < -0.4 is 0 Å². The lowest BCUT2D eigenvalue weighted by Gasteiger charge is -2.18. The molecule has 0 saturated carbocycles. The van der Waals surface area contributed by atoms with Gasteiger partial charge >= 0.3 is 0 Å². The van der Waals surface area contributed by atoms with Crippen LogP contribution in [0.1, 0.15) is 48.6 Å². The Morgan fingerprint density at radius 3 is 2.82 bits per heavy atom. The topological polar surface area (TPSA) is 80.3 Å². The average Bonchev–Trinajstić information content (AvgIpc) is 3.39. The lowest BCUT2D eigenvalue weighted by molar-refractivity contribution is 0.0788. The van der Waals surface area contributed by atoms with Gasteiger partial charge in [-0.25, -0.2) is 4.98 Å². The van der Waals surface area contributed by atoms with E-state index in [4.69, 9.17) is 4.52 Å². The van der Waals surface area contributed by atoms with Gasteiger partial charge in [0, 0.05) is 7.05 Å². The Hall–Kier alpha value is -2.52. The molecule has 0 fully saturated rings. The Balaban J connectivity index is 1.65. The maximum atomic E-state index is 12.6. The van der Waals surface area contributed by atoms with Crippen LogP contribution in [-0.4, -0.2) is 55.5 Å².